The van der Waals surface area contributed by atoms with E-state index in [9.17, 15) is 4.39 Å². The standard InChI is InChI=1S/C17H23FN4S/c1-11(2)9-19-17(23)20-16-12(3)21-22(13(16)4)10-14-7-5-6-8-15(14)18/h5-8,11H,9-10H2,1-4H3,(H2,19,20,23). The smallest absolute Gasteiger partial charge is 0.170 e. The molecule has 0 aliphatic heterocycles. The van der Waals surface area contributed by atoms with Crippen molar-refractivity contribution in [1.29, 1.82) is 0 Å². The molecular weight excluding hydrogens is 311 g/mol. The first-order chi connectivity index (χ1) is 10.9. The Labute approximate surface area is 142 Å². The van der Waals surface area contributed by atoms with E-state index in [-0.39, 0.29) is 5.82 Å². The molecule has 2 rings (SSSR count). The van der Waals surface area contributed by atoms with Gasteiger partial charge in [0.2, 0.25) is 0 Å². The fourth-order valence-electron chi connectivity index (χ4n) is 2.27. The van der Waals surface area contributed by atoms with Crippen LogP contribution in [0.15, 0.2) is 24.3 Å². The number of thiocarbonyl (C=S) groups is 1. The van der Waals surface area contributed by atoms with Crippen LogP contribution in [0.2, 0.25) is 0 Å². The fourth-order valence-corrected chi connectivity index (χ4v) is 2.46. The van der Waals surface area contributed by atoms with E-state index in [1.54, 1.807) is 16.8 Å². The topological polar surface area (TPSA) is 41.9 Å². The van der Waals surface area contributed by atoms with Crippen LogP contribution in [0.1, 0.15) is 30.8 Å². The Morgan fingerprint density at radius 1 is 1.30 bits per heavy atom. The normalized spacial score (nSPS) is 10.9. The number of hydrogen-bond donors (Lipinski definition) is 2. The van der Waals surface area contributed by atoms with Crippen molar-refractivity contribution in [3.05, 3.63) is 47.0 Å². The van der Waals surface area contributed by atoms with E-state index < -0.39 is 0 Å². The van der Waals surface area contributed by atoms with Crippen LogP contribution in [0.25, 0.3) is 0 Å². The van der Waals surface area contributed by atoms with Crippen LogP contribution >= 0.6 is 12.2 Å². The number of anilines is 1. The molecule has 0 aliphatic carbocycles. The van der Waals surface area contributed by atoms with Crippen LogP contribution in [-0.2, 0) is 6.54 Å². The summed E-state index contributed by atoms with van der Waals surface area (Å²) in [4.78, 5) is 0. The number of rotatable bonds is 5. The van der Waals surface area contributed by atoms with Crippen molar-refractivity contribution in [2.75, 3.05) is 11.9 Å². The second-order valence-corrected chi connectivity index (χ2v) is 6.43. The van der Waals surface area contributed by atoms with Gasteiger partial charge in [0.15, 0.2) is 5.11 Å². The second-order valence-electron chi connectivity index (χ2n) is 6.02. The van der Waals surface area contributed by atoms with E-state index in [2.05, 4.69) is 29.6 Å². The molecule has 124 valence electrons. The molecule has 1 heterocycles. The average Bonchev–Trinajstić information content (AvgIpc) is 2.75. The van der Waals surface area contributed by atoms with Crippen molar-refractivity contribution in [2.45, 2.75) is 34.2 Å². The summed E-state index contributed by atoms with van der Waals surface area (Å²) in [5, 5.41) is 11.4. The molecule has 0 amide bonds. The van der Waals surface area contributed by atoms with Crippen LogP contribution < -0.4 is 10.6 Å². The SMILES string of the molecule is Cc1nn(Cc2ccccc2F)c(C)c1NC(=S)NCC(C)C. The summed E-state index contributed by atoms with van der Waals surface area (Å²) in [5.74, 6) is 0.296. The van der Waals surface area contributed by atoms with Crippen molar-refractivity contribution in [3.63, 3.8) is 0 Å². The molecule has 4 nitrogen and oxygen atoms in total. The van der Waals surface area contributed by atoms with Crippen molar-refractivity contribution < 1.29 is 4.39 Å². The number of nitrogens with one attached hydrogen (secondary N) is 2. The maximum Gasteiger partial charge on any atom is 0.170 e. The molecule has 0 fully saturated rings. The van der Waals surface area contributed by atoms with Crippen molar-refractivity contribution >= 4 is 23.0 Å². The molecule has 0 saturated heterocycles. The Morgan fingerprint density at radius 3 is 2.65 bits per heavy atom. The first-order valence-electron chi connectivity index (χ1n) is 7.70. The lowest BCUT2D eigenvalue weighted by molar-refractivity contribution is 0.579. The summed E-state index contributed by atoms with van der Waals surface area (Å²) < 4.78 is 15.6. The van der Waals surface area contributed by atoms with Gasteiger partial charge in [-0.3, -0.25) is 4.68 Å². The first kappa shape index (κ1) is 17.4. The van der Waals surface area contributed by atoms with Crippen LogP contribution in [0, 0.1) is 25.6 Å². The van der Waals surface area contributed by atoms with E-state index in [1.807, 2.05) is 19.9 Å². The van der Waals surface area contributed by atoms with Crippen LogP contribution in [0.3, 0.4) is 0 Å². The van der Waals surface area contributed by atoms with Crippen molar-refractivity contribution in [3.8, 4) is 0 Å². The van der Waals surface area contributed by atoms with E-state index in [1.165, 1.54) is 6.07 Å². The summed E-state index contributed by atoms with van der Waals surface area (Å²) >= 11 is 5.31. The number of nitrogens with zero attached hydrogens (tertiary/aromatic N) is 2. The summed E-state index contributed by atoms with van der Waals surface area (Å²) in [6, 6.07) is 6.75. The predicted molar refractivity (Wildman–Crippen MR) is 96.3 cm³/mol. The molecule has 0 spiro atoms. The molecule has 23 heavy (non-hydrogen) atoms. The van der Waals surface area contributed by atoms with Gasteiger partial charge in [-0.25, -0.2) is 4.39 Å². The summed E-state index contributed by atoms with van der Waals surface area (Å²) in [7, 11) is 0. The molecular formula is C17H23FN4S. The minimum Gasteiger partial charge on any atom is -0.362 e. The summed E-state index contributed by atoms with van der Waals surface area (Å²) in [6.07, 6.45) is 0. The lowest BCUT2D eigenvalue weighted by atomic mass is 10.2. The van der Waals surface area contributed by atoms with E-state index in [0.717, 1.165) is 23.6 Å². The molecule has 0 unspecified atom stereocenters. The van der Waals surface area contributed by atoms with Crippen molar-refractivity contribution in [1.82, 2.24) is 15.1 Å². The van der Waals surface area contributed by atoms with Crippen LogP contribution in [-0.4, -0.2) is 21.4 Å². The minimum absolute atomic E-state index is 0.219. The third-order valence-electron chi connectivity index (χ3n) is 3.57. The lowest BCUT2D eigenvalue weighted by Crippen LogP contribution is -2.31. The van der Waals surface area contributed by atoms with Crippen molar-refractivity contribution in [2.24, 2.45) is 5.92 Å². The van der Waals surface area contributed by atoms with E-state index >= 15 is 0 Å². The number of hydrogen-bond acceptors (Lipinski definition) is 2. The molecule has 2 N–H and O–H groups in total. The predicted octanol–water partition coefficient (Wildman–Crippen LogP) is 3.63. The van der Waals surface area contributed by atoms with Gasteiger partial charge in [0.25, 0.3) is 0 Å². The van der Waals surface area contributed by atoms with Gasteiger partial charge in [0, 0.05) is 12.1 Å². The maximum atomic E-state index is 13.8. The fraction of sp³-hybridized carbons (Fsp3) is 0.412. The number of halogens is 1. The zero-order valence-electron chi connectivity index (χ0n) is 14.0. The van der Waals surface area contributed by atoms with Gasteiger partial charge in [-0.2, -0.15) is 5.10 Å². The largest absolute Gasteiger partial charge is 0.362 e. The molecule has 0 radical (unpaired) electrons. The van der Waals surface area contributed by atoms with Gasteiger partial charge < -0.3 is 10.6 Å². The van der Waals surface area contributed by atoms with Crippen LogP contribution in [0.4, 0.5) is 10.1 Å². The molecule has 0 saturated carbocycles. The lowest BCUT2D eigenvalue weighted by Gasteiger charge is -2.12. The van der Waals surface area contributed by atoms with Gasteiger partial charge in [-0.15, -0.1) is 0 Å². The highest BCUT2D eigenvalue weighted by Crippen LogP contribution is 2.21. The highest BCUT2D eigenvalue weighted by atomic mass is 32.1. The first-order valence-corrected chi connectivity index (χ1v) is 8.11. The Balaban J connectivity index is 2.13. The zero-order chi connectivity index (χ0) is 17.0. The van der Waals surface area contributed by atoms with Crippen LogP contribution in [0.5, 0.6) is 0 Å². The monoisotopic (exact) mass is 334 g/mol. The Kier molecular flexibility index (Phi) is 5.71. The summed E-state index contributed by atoms with van der Waals surface area (Å²) in [6.45, 7) is 9.32. The number of benzene rings is 1. The molecule has 2 aromatic rings. The highest BCUT2D eigenvalue weighted by molar-refractivity contribution is 7.80. The second kappa shape index (κ2) is 7.55. The number of aryl methyl sites for hydroxylation is 1. The zero-order valence-corrected chi connectivity index (χ0v) is 14.8. The molecule has 0 bridgehead atoms. The van der Waals surface area contributed by atoms with Gasteiger partial charge in [-0.05, 0) is 38.0 Å². The van der Waals surface area contributed by atoms with E-state index in [0.29, 0.717) is 23.1 Å². The van der Waals surface area contributed by atoms with Gasteiger partial charge in [-0.1, -0.05) is 32.0 Å². The average molecular weight is 334 g/mol. The van der Waals surface area contributed by atoms with Gasteiger partial charge in [0.1, 0.15) is 5.82 Å². The summed E-state index contributed by atoms with van der Waals surface area (Å²) in [5.41, 5.74) is 3.26. The Hall–Kier alpha value is -1.95. The Bertz CT molecular complexity index is 694. The highest BCUT2D eigenvalue weighted by Gasteiger charge is 2.14. The Morgan fingerprint density at radius 2 is 2.00 bits per heavy atom. The third kappa shape index (κ3) is 4.51. The van der Waals surface area contributed by atoms with Gasteiger partial charge >= 0.3 is 0 Å². The molecule has 0 atom stereocenters. The molecule has 1 aromatic carbocycles. The quantitative estimate of drug-likeness (QED) is 0.820. The van der Waals surface area contributed by atoms with E-state index in [4.69, 9.17) is 12.2 Å². The minimum atomic E-state index is -0.219. The number of aromatic nitrogens is 2. The molecule has 0 aliphatic rings. The molecule has 1 aromatic heterocycles. The molecule has 6 heteroatoms. The third-order valence-corrected chi connectivity index (χ3v) is 3.82. The maximum absolute atomic E-state index is 13.8. The van der Waals surface area contributed by atoms with Gasteiger partial charge in [0.05, 0.1) is 23.6 Å².